The first-order valence-electron chi connectivity index (χ1n) is 6.29. The van der Waals surface area contributed by atoms with E-state index in [-0.39, 0.29) is 18.3 Å². The van der Waals surface area contributed by atoms with Gasteiger partial charge < -0.3 is 4.42 Å². The standard InChI is InChI=1S/C13H10F3N5O/c1-8-6-10(13(14,15)16)20-21(8)7-11-18-19-12(22-11)9-4-2-3-5-17-9/h2-6H,7H2,1H3. The van der Waals surface area contributed by atoms with Gasteiger partial charge in [-0.2, -0.15) is 18.3 Å². The van der Waals surface area contributed by atoms with Crippen molar-refractivity contribution >= 4 is 0 Å². The van der Waals surface area contributed by atoms with Gasteiger partial charge in [0, 0.05) is 11.9 Å². The highest BCUT2D eigenvalue weighted by molar-refractivity contribution is 5.44. The van der Waals surface area contributed by atoms with E-state index in [0.717, 1.165) is 6.07 Å². The lowest BCUT2D eigenvalue weighted by atomic mass is 10.3. The Kier molecular flexibility index (Phi) is 3.39. The largest absolute Gasteiger partial charge is 0.435 e. The van der Waals surface area contributed by atoms with Crippen molar-refractivity contribution in [2.24, 2.45) is 0 Å². The molecule has 0 aliphatic heterocycles. The van der Waals surface area contributed by atoms with Gasteiger partial charge in [0.1, 0.15) is 12.2 Å². The van der Waals surface area contributed by atoms with Gasteiger partial charge in [-0.1, -0.05) is 6.07 Å². The van der Waals surface area contributed by atoms with Crippen LogP contribution in [0.2, 0.25) is 0 Å². The van der Waals surface area contributed by atoms with E-state index in [1.165, 1.54) is 11.6 Å². The number of pyridine rings is 1. The molecule has 0 amide bonds. The van der Waals surface area contributed by atoms with Crippen LogP contribution in [0.25, 0.3) is 11.6 Å². The molecule has 22 heavy (non-hydrogen) atoms. The van der Waals surface area contributed by atoms with E-state index in [0.29, 0.717) is 11.4 Å². The zero-order valence-electron chi connectivity index (χ0n) is 11.4. The number of nitrogens with zero attached hydrogens (tertiary/aromatic N) is 5. The van der Waals surface area contributed by atoms with Crippen LogP contribution in [0.1, 0.15) is 17.3 Å². The molecule has 6 nitrogen and oxygen atoms in total. The fraction of sp³-hybridized carbons (Fsp3) is 0.231. The van der Waals surface area contributed by atoms with Crippen molar-refractivity contribution in [3.8, 4) is 11.6 Å². The zero-order chi connectivity index (χ0) is 15.7. The first-order chi connectivity index (χ1) is 10.4. The average molecular weight is 309 g/mol. The van der Waals surface area contributed by atoms with Crippen LogP contribution in [0.5, 0.6) is 0 Å². The van der Waals surface area contributed by atoms with Gasteiger partial charge in [0.2, 0.25) is 5.89 Å². The quantitative estimate of drug-likeness (QED) is 0.744. The van der Waals surface area contributed by atoms with E-state index in [1.807, 2.05) is 0 Å². The van der Waals surface area contributed by atoms with Gasteiger partial charge in [0.25, 0.3) is 5.89 Å². The molecule has 0 N–H and O–H groups in total. The lowest BCUT2D eigenvalue weighted by molar-refractivity contribution is -0.141. The molecule has 9 heteroatoms. The van der Waals surface area contributed by atoms with E-state index in [4.69, 9.17) is 4.42 Å². The fourth-order valence-electron chi connectivity index (χ4n) is 1.85. The monoisotopic (exact) mass is 309 g/mol. The maximum atomic E-state index is 12.6. The molecule has 0 aliphatic carbocycles. The summed E-state index contributed by atoms with van der Waals surface area (Å²) in [5.41, 5.74) is -0.103. The SMILES string of the molecule is Cc1cc(C(F)(F)F)nn1Cc1nnc(-c2ccccn2)o1. The Bertz CT molecular complexity index is 779. The number of hydrogen-bond donors (Lipinski definition) is 0. The Balaban J connectivity index is 1.83. The molecule has 3 rings (SSSR count). The predicted octanol–water partition coefficient (Wildman–Crippen LogP) is 2.70. The minimum Gasteiger partial charge on any atom is -0.417 e. The second-order valence-electron chi connectivity index (χ2n) is 4.54. The van der Waals surface area contributed by atoms with Gasteiger partial charge in [0.05, 0.1) is 0 Å². The van der Waals surface area contributed by atoms with Crippen molar-refractivity contribution in [1.82, 2.24) is 25.0 Å². The summed E-state index contributed by atoms with van der Waals surface area (Å²) < 4.78 is 44.4. The molecular weight excluding hydrogens is 299 g/mol. The molecule has 114 valence electrons. The van der Waals surface area contributed by atoms with Crippen LogP contribution < -0.4 is 0 Å². The van der Waals surface area contributed by atoms with E-state index in [1.54, 1.807) is 24.4 Å². The third-order valence-corrected chi connectivity index (χ3v) is 2.91. The van der Waals surface area contributed by atoms with Crippen LogP contribution in [-0.2, 0) is 12.7 Å². The number of aryl methyl sites for hydroxylation is 1. The molecule has 3 heterocycles. The summed E-state index contributed by atoms with van der Waals surface area (Å²) in [6, 6.07) is 6.17. The lowest BCUT2D eigenvalue weighted by Gasteiger charge is -2.01. The molecule has 0 aromatic carbocycles. The zero-order valence-corrected chi connectivity index (χ0v) is 11.4. The molecule has 0 fully saturated rings. The van der Waals surface area contributed by atoms with Gasteiger partial charge in [0.15, 0.2) is 5.69 Å². The molecule has 0 bridgehead atoms. The summed E-state index contributed by atoms with van der Waals surface area (Å²) in [5.74, 6) is 0.358. The topological polar surface area (TPSA) is 69.6 Å². The molecule has 0 aliphatic rings. The maximum absolute atomic E-state index is 12.6. The van der Waals surface area contributed by atoms with Crippen molar-refractivity contribution in [1.29, 1.82) is 0 Å². The minimum absolute atomic E-state index is 0.0399. The number of halogens is 3. The van der Waals surface area contributed by atoms with E-state index < -0.39 is 11.9 Å². The van der Waals surface area contributed by atoms with Crippen LogP contribution in [0.15, 0.2) is 34.9 Å². The molecule has 0 unspecified atom stereocenters. The molecular formula is C13H10F3N5O. The Morgan fingerprint density at radius 3 is 2.68 bits per heavy atom. The van der Waals surface area contributed by atoms with Crippen LogP contribution in [0.3, 0.4) is 0 Å². The van der Waals surface area contributed by atoms with Crippen molar-refractivity contribution in [2.45, 2.75) is 19.6 Å². The normalized spacial score (nSPS) is 11.8. The van der Waals surface area contributed by atoms with Crippen LogP contribution in [0.4, 0.5) is 13.2 Å². The van der Waals surface area contributed by atoms with E-state index in [2.05, 4.69) is 20.3 Å². The van der Waals surface area contributed by atoms with Crippen molar-refractivity contribution in [3.05, 3.63) is 47.7 Å². The Hall–Kier alpha value is -2.71. The summed E-state index contributed by atoms with van der Waals surface area (Å²) in [6.07, 6.45) is -2.91. The second-order valence-corrected chi connectivity index (χ2v) is 4.54. The summed E-state index contributed by atoms with van der Waals surface area (Å²) in [5, 5.41) is 11.1. The highest BCUT2D eigenvalue weighted by Gasteiger charge is 2.34. The lowest BCUT2D eigenvalue weighted by Crippen LogP contribution is -2.09. The first kappa shape index (κ1) is 14.2. The molecule has 0 atom stereocenters. The summed E-state index contributed by atoms with van der Waals surface area (Å²) >= 11 is 0. The van der Waals surface area contributed by atoms with Gasteiger partial charge >= 0.3 is 6.18 Å². The van der Waals surface area contributed by atoms with Crippen molar-refractivity contribution in [3.63, 3.8) is 0 Å². The Labute approximate surface area is 122 Å². The minimum atomic E-state index is -4.48. The van der Waals surface area contributed by atoms with Gasteiger partial charge in [-0.15, -0.1) is 10.2 Å². The molecule has 0 spiro atoms. The van der Waals surface area contributed by atoms with Gasteiger partial charge in [-0.3, -0.25) is 9.67 Å². The van der Waals surface area contributed by atoms with Crippen molar-refractivity contribution < 1.29 is 17.6 Å². The average Bonchev–Trinajstić information content (AvgIpc) is 3.08. The summed E-state index contributed by atoms with van der Waals surface area (Å²) in [6.45, 7) is 1.49. The number of hydrogen-bond acceptors (Lipinski definition) is 5. The third kappa shape index (κ3) is 2.83. The second kappa shape index (κ2) is 5.24. The molecule has 3 aromatic heterocycles. The Morgan fingerprint density at radius 2 is 2.05 bits per heavy atom. The number of rotatable bonds is 3. The molecule has 3 aromatic rings. The number of aromatic nitrogens is 5. The summed E-state index contributed by atoms with van der Waals surface area (Å²) in [7, 11) is 0. The highest BCUT2D eigenvalue weighted by Crippen LogP contribution is 2.28. The summed E-state index contributed by atoms with van der Waals surface area (Å²) in [4.78, 5) is 4.06. The van der Waals surface area contributed by atoms with Crippen LogP contribution in [0, 0.1) is 6.92 Å². The fourth-order valence-corrected chi connectivity index (χ4v) is 1.85. The molecule has 0 saturated heterocycles. The van der Waals surface area contributed by atoms with E-state index >= 15 is 0 Å². The maximum Gasteiger partial charge on any atom is 0.435 e. The Morgan fingerprint density at radius 1 is 1.23 bits per heavy atom. The first-order valence-corrected chi connectivity index (χ1v) is 6.29. The van der Waals surface area contributed by atoms with Crippen LogP contribution in [-0.4, -0.2) is 25.0 Å². The molecule has 0 saturated carbocycles. The van der Waals surface area contributed by atoms with E-state index in [9.17, 15) is 13.2 Å². The molecule has 0 radical (unpaired) electrons. The van der Waals surface area contributed by atoms with Crippen LogP contribution >= 0.6 is 0 Å². The predicted molar refractivity (Wildman–Crippen MR) is 68.6 cm³/mol. The van der Waals surface area contributed by atoms with Gasteiger partial charge in [-0.25, -0.2) is 0 Å². The van der Waals surface area contributed by atoms with Crippen molar-refractivity contribution in [2.75, 3.05) is 0 Å². The third-order valence-electron chi connectivity index (χ3n) is 2.91. The highest BCUT2D eigenvalue weighted by atomic mass is 19.4. The number of alkyl halides is 3. The van der Waals surface area contributed by atoms with Gasteiger partial charge in [-0.05, 0) is 25.1 Å². The smallest absolute Gasteiger partial charge is 0.417 e.